The summed E-state index contributed by atoms with van der Waals surface area (Å²) < 4.78 is 16.8. The largest absolute Gasteiger partial charge is 0.462 e. The molecular weight excluding hydrogens is 1020 g/mol. The van der Waals surface area contributed by atoms with Crippen LogP contribution in [0.3, 0.4) is 0 Å². The van der Waals surface area contributed by atoms with Crippen LogP contribution in [-0.4, -0.2) is 37.2 Å². The van der Waals surface area contributed by atoms with Crippen LogP contribution >= 0.6 is 0 Å². The van der Waals surface area contributed by atoms with Gasteiger partial charge < -0.3 is 14.2 Å². The molecule has 0 aromatic heterocycles. The molecule has 0 N–H and O–H groups in total. The smallest absolute Gasteiger partial charge is 0.310 e. The number of hydrogen-bond acceptors (Lipinski definition) is 6. The second-order valence-electron chi connectivity index (χ2n) is 23.4. The van der Waals surface area contributed by atoms with Crippen molar-refractivity contribution < 1.29 is 28.6 Å². The maximum atomic E-state index is 12.8. The zero-order valence-corrected chi connectivity index (χ0v) is 54.7. The first-order valence-corrected chi connectivity index (χ1v) is 35.4. The van der Waals surface area contributed by atoms with Crippen LogP contribution in [0.25, 0.3) is 0 Å². The summed E-state index contributed by atoms with van der Waals surface area (Å²) in [7, 11) is 0. The molecule has 0 aliphatic carbocycles. The molecule has 476 valence electrons. The molecule has 0 spiro atoms. The molecule has 83 heavy (non-hydrogen) atoms. The maximum absolute atomic E-state index is 12.8. The summed E-state index contributed by atoms with van der Waals surface area (Å²) >= 11 is 0. The van der Waals surface area contributed by atoms with Gasteiger partial charge >= 0.3 is 17.9 Å². The van der Waals surface area contributed by atoms with Gasteiger partial charge in [0.25, 0.3) is 0 Å². The molecule has 0 radical (unpaired) electrons. The van der Waals surface area contributed by atoms with Gasteiger partial charge in [0.05, 0.1) is 6.42 Å². The molecule has 0 bridgehead atoms. The van der Waals surface area contributed by atoms with E-state index >= 15 is 0 Å². The molecule has 0 saturated carbocycles. The third-order valence-electron chi connectivity index (χ3n) is 15.3. The first kappa shape index (κ1) is 79.1. The lowest BCUT2D eigenvalue weighted by molar-refractivity contribution is -0.166. The van der Waals surface area contributed by atoms with Gasteiger partial charge in [-0.3, -0.25) is 14.4 Å². The minimum Gasteiger partial charge on any atom is -0.462 e. The average Bonchev–Trinajstić information content (AvgIpc) is 3.50. The predicted octanol–water partition coefficient (Wildman–Crippen LogP) is 24.6. The van der Waals surface area contributed by atoms with Gasteiger partial charge in [-0.15, -0.1) is 0 Å². The van der Waals surface area contributed by atoms with Crippen molar-refractivity contribution in [2.24, 2.45) is 0 Å². The molecule has 0 saturated heterocycles. The van der Waals surface area contributed by atoms with Crippen LogP contribution in [0.4, 0.5) is 0 Å². The molecule has 1 atom stereocenters. The number of hydrogen-bond donors (Lipinski definition) is 0. The SMILES string of the molecule is CC/C=C\C/C=C\C/C=C\C/C=C\C/C=C\CC(=O)OC(COC(=O)CCCCCCC/C=C\C/C=C\C/C=C\CC)COC(=O)CCCCCCCCCCCCCCCCCCCCCCCCC/C=C\CCCCCCCCCC. The Hall–Kier alpha value is -3.93. The van der Waals surface area contributed by atoms with Crippen molar-refractivity contribution in [1.29, 1.82) is 0 Å². The molecule has 0 rings (SSSR count). The van der Waals surface area contributed by atoms with Gasteiger partial charge in [0.15, 0.2) is 6.10 Å². The van der Waals surface area contributed by atoms with Crippen LogP contribution in [-0.2, 0) is 28.6 Å². The quantitative estimate of drug-likeness (QED) is 0.0261. The van der Waals surface area contributed by atoms with E-state index in [9.17, 15) is 14.4 Å². The van der Waals surface area contributed by atoms with Gasteiger partial charge in [0.1, 0.15) is 13.2 Å². The Morgan fingerprint density at radius 3 is 0.807 bits per heavy atom. The van der Waals surface area contributed by atoms with Crippen molar-refractivity contribution in [1.82, 2.24) is 0 Å². The topological polar surface area (TPSA) is 78.9 Å². The molecule has 0 aliphatic heterocycles. The van der Waals surface area contributed by atoms with Crippen LogP contribution in [0, 0.1) is 0 Å². The van der Waals surface area contributed by atoms with Gasteiger partial charge in [-0.05, 0) is 103 Å². The van der Waals surface area contributed by atoms with Gasteiger partial charge in [-0.1, -0.05) is 329 Å². The maximum Gasteiger partial charge on any atom is 0.310 e. The molecule has 6 heteroatoms. The van der Waals surface area contributed by atoms with Gasteiger partial charge in [-0.2, -0.15) is 0 Å². The van der Waals surface area contributed by atoms with Crippen molar-refractivity contribution in [3.63, 3.8) is 0 Å². The van der Waals surface area contributed by atoms with E-state index in [4.69, 9.17) is 14.2 Å². The highest BCUT2D eigenvalue weighted by atomic mass is 16.6. The summed E-state index contributed by atoms with van der Waals surface area (Å²) in [5.74, 6) is -1.06. The summed E-state index contributed by atoms with van der Waals surface area (Å²) in [6, 6.07) is 0. The van der Waals surface area contributed by atoms with Crippen molar-refractivity contribution in [3.05, 3.63) is 109 Å². The van der Waals surface area contributed by atoms with E-state index < -0.39 is 12.1 Å². The molecule has 0 aromatic carbocycles. The van der Waals surface area contributed by atoms with Gasteiger partial charge in [0.2, 0.25) is 0 Å². The zero-order chi connectivity index (χ0) is 59.9. The fourth-order valence-electron chi connectivity index (χ4n) is 10.1. The number of carbonyl (C=O) groups is 3. The van der Waals surface area contributed by atoms with E-state index in [1.54, 1.807) is 6.08 Å². The van der Waals surface area contributed by atoms with Crippen LogP contribution in [0.15, 0.2) is 109 Å². The molecular formula is C77H132O6. The normalized spacial score (nSPS) is 12.8. The van der Waals surface area contributed by atoms with Crippen LogP contribution in [0.2, 0.25) is 0 Å². The molecule has 0 aromatic rings. The van der Waals surface area contributed by atoms with Crippen molar-refractivity contribution in [2.75, 3.05) is 13.2 Å². The Bertz CT molecular complexity index is 1660. The van der Waals surface area contributed by atoms with E-state index in [0.29, 0.717) is 12.8 Å². The van der Waals surface area contributed by atoms with E-state index in [-0.39, 0.29) is 31.6 Å². The highest BCUT2D eigenvalue weighted by Gasteiger charge is 2.19. The third-order valence-corrected chi connectivity index (χ3v) is 15.3. The summed E-state index contributed by atoms with van der Waals surface area (Å²) in [6.07, 6.45) is 97.5. The molecule has 1 unspecified atom stereocenters. The first-order chi connectivity index (χ1) is 41.0. The zero-order valence-electron chi connectivity index (χ0n) is 54.7. The fraction of sp³-hybridized carbons (Fsp3) is 0.727. The Labute approximate surface area is 514 Å². The number of allylic oxidation sites excluding steroid dienone is 17. The minimum atomic E-state index is -0.841. The van der Waals surface area contributed by atoms with Crippen LogP contribution in [0.1, 0.15) is 342 Å². The molecule has 0 heterocycles. The third kappa shape index (κ3) is 68.7. The van der Waals surface area contributed by atoms with Crippen molar-refractivity contribution in [3.8, 4) is 0 Å². The predicted molar refractivity (Wildman–Crippen MR) is 362 cm³/mol. The molecule has 0 fully saturated rings. The van der Waals surface area contributed by atoms with Crippen LogP contribution < -0.4 is 0 Å². The summed E-state index contributed by atoms with van der Waals surface area (Å²) in [4.78, 5) is 38.3. The molecule has 0 amide bonds. The number of esters is 3. The van der Waals surface area contributed by atoms with E-state index in [0.717, 1.165) is 109 Å². The van der Waals surface area contributed by atoms with E-state index in [2.05, 4.69) is 118 Å². The summed E-state index contributed by atoms with van der Waals surface area (Å²) in [5, 5.41) is 0. The lowest BCUT2D eigenvalue weighted by atomic mass is 10.0. The van der Waals surface area contributed by atoms with Crippen molar-refractivity contribution in [2.45, 2.75) is 348 Å². The minimum absolute atomic E-state index is 0.0918. The Morgan fingerprint density at radius 2 is 0.506 bits per heavy atom. The molecule has 6 nitrogen and oxygen atoms in total. The second-order valence-corrected chi connectivity index (χ2v) is 23.4. The lowest BCUT2D eigenvalue weighted by Crippen LogP contribution is -2.30. The monoisotopic (exact) mass is 1150 g/mol. The highest BCUT2D eigenvalue weighted by Crippen LogP contribution is 2.18. The Morgan fingerprint density at radius 1 is 0.265 bits per heavy atom. The fourth-order valence-corrected chi connectivity index (χ4v) is 10.1. The molecule has 0 aliphatic rings. The summed E-state index contributed by atoms with van der Waals surface area (Å²) in [5.41, 5.74) is 0. The number of unbranched alkanes of at least 4 members (excludes halogenated alkanes) is 36. The Kier molecular flexibility index (Phi) is 67.2. The number of rotatable bonds is 64. The second kappa shape index (κ2) is 70.6. The first-order valence-electron chi connectivity index (χ1n) is 35.4. The number of ether oxygens (including phenoxy) is 3. The summed E-state index contributed by atoms with van der Waals surface area (Å²) in [6.45, 7) is 6.34. The lowest BCUT2D eigenvalue weighted by Gasteiger charge is -2.18. The Balaban J connectivity index is 4.17. The highest BCUT2D eigenvalue weighted by molar-refractivity contribution is 5.72. The van der Waals surface area contributed by atoms with Crippen LogP contribution in [0.5, 0.6) is 0 Å². The van der Waals surface area contributed by atoms with E-state index in [1.807, 2.05) is 6.08 Å². The van der Waals surface area contributed by atoms with Crippen molar-refractivity contribution >= 4 is 17.9 Å². The van der Waals surface area contributed by atoms with Gasteiger partial charge in [-0.25, -0.2) is 0 Å². The van der Waals surface area contributed by atoms with Gasteiger partial charge in [0, 0.05) is 12.8 Å². The van der Waals surface area contributed by atoms with E-state index in [1.165, 1.54) is 193 Å². The standard InChI is InChI=1S/C77H132O6/c1-4-7-10-13-16-19-22-25-28-29-30-31-32-33-34-35-36-37-38-39-40-41-42-43-44-45-46-47-50-52-55-58-61-64-67-70-76(79)82-73-74(83-77(80)71-68-65-62-59-56-53-49-27-24-21-18-15-12-9-6-3)72-81-75(78)69-66-63-60-57-54-51-48-26-23-20-17-14-11-8-5-2/h8-9,11-12,17-18,20-21,26-27,29-30,48-49,56,59,65,68,74H,4-7,10,13-16,19,22-25,28,31-47,50-55,57-58,60-64,66-67,69-73H2,1-3H3/b11-8-,12-9-,20-17-,21-18-,30-29-,48-26-,49-27-,59-56-,68-65-. The number of carbonyl (C=O) groups excluding carboxylic acids is 3. The average molecular weight is 1150 g/mol.